The molecule has 18 heavy (non-hydrogen) atoms. The van der Waals surface area contributed by atoms with E-state index in [0.717, 1.165) is 22.5 Å². The largest absolute Gasteiger partial charge is 0.472 e. The van der Waals surface area contributed by atoms with Gasteiger partial charge in [-0.3, -0.25) is 0 Å². The van der Waals surface area contributed by atoms with Gasteiger partial charge >= 0.3 is 0 Å². The van der Waals surface area contributed by atoms with E-state index in [1.165, 1.54) is 4.70 Å². The number of nitrogens with zero attached hydrogens (tertiary/aromatic N) is 1. The van der Waals surface area contributed by atoms with Gasteiger partial charge in [0.2, 0.25) is 0 Å². The predicted molar refractivity (Wildman–Crippen MR) is 73.8 cm³/mol. The lowest BCUT2D eigenvalue weighted by molar-refractivity contribution is 0.542. The van der Waals surface area contributed by atoms with Crippen LogP contribution < -0.4 is 5.32 Å². The molecule has 0 saturated carbocycles. The molecule has 3 rings (SSSR count). The number of nitrogens with one attached hydrogen (secondary N) is 1. The van der Waals surface area contributed by atoms with Crippen molar-refractivity contribution in [1.82, 2.24) is 10.3 Å². The standard InChI is InChI=1S/C14H14N2OS/c1-15-12(10-6-7-17-9-10)8-14-16-11-4-2-3-5-13(11)18-14/h2-7,9,12,15H,8H2,1H3. The summed E-state index contributed by atoms with van der Waals surface area (Å²) in [5, 5.41) is 4.45. The molecule has 1 unspecified atom stereocenters. The van der Waals surface area contributed by atoms with E-state index in [2.05, 4.69) is 28.5 Å². The number of aromatic nitrogens is 1. The van der Waals surface area contributed by atoms with Gasteiger partial charge in [-0.05, 0) is 25.2 Å². The average molecular weight is 258 g/mol. The molecule has 1 atom stereocenters. The third kappa shape index (κ3) is 2.17. The Hall–Kier alpha value is -1.65. The minimum absolute atomic E-state index is 0.254. The van der Waals surface area contributed by atoms with Gasteiger partial charge in [-0.2, -0.15) is 0 Å². The summed E-state index contributed by atoms with van der Waals surface area (Å²) in [6.07, 6.45) is 4.38. The SMILES string of the molecule is CNC(Cc1nc2ccccc2s1)c1ccoc1. The summed E-state index contributed by atoms with van der Waals surface area (Å²) >= 11 is 1.76. The smallest absolute Gasteiger partial charge is 0.0957 e. The molecule has 0 amide bonds. The molecule has 1 aromatic carbocycles. The van der Waals surface area contributed by atoms with E-state index in [0.29, 0.717) is 0 Å². The molecule has 0 aliphatic carbocycles. The average Bonchev–Trinajstić information content (AvgIpc) is 3.04. The maximum absolute atomic E-state index is 5.14. The lowest BCUT2D eigenvalue weighted by atomic mass is 10.1. The van der Waals surface area contributed by atoms with Crippen molar-refractivity contribution in [3.63, 3.8) is 0 Å². The number of likely N-dealkylation sites (N-methyl/N-ethyl adjacent to an activating group) is 1. The molecule has 2 heterocycles. The molecular weight excluding hydrogens is 244 g/mol. The Balaban J connectivity index is 1.86. The number of thiazole rings is 1. The molecule has 3 nitrogen and oxygen atoms in total. The van der Waals surface area contributed by atoms with Gasteiger partial charge in [0, 0.05) is 18.0 Å². The molecule has 0 fully saturated rings. The summed E-state index contributed by atoms with van der Waals surface area (Å²) in [5.74, 6) is 0. The summed E-state index contributed by atoms with van der Waals surface area (Å²) in [6, 6.07) is 10.5. The maximum Gasteiger partial charge on any atom is 0.0957 e. The van der Waals surface area contributed by atoms with Crippen LogP contribution in [0.4, 0.5) is 0 Å². The first-order valence-corrected chi connectivity index (χ1v) is 6.72. The van der Waals surface area contributed by atoms with Gasteiger partial charge in [0.15, 0.2) is 0 Å². The van der Waals surface area contributed by atoms with Gasteiger partial charge in [0.25, 0.3) is 0 Å². The Morgan fingerprint density at radius 3 is 2.94 bits per heavy atom. The Bertz CT molecular complexity index is 597. The van der Waals surface area contributed by atoms with Crippen molar-refractivity contribution in [2.45, 2.75) is 12.5 Å². The zero-order chi connectivity index (χ0) is 12.4. The van der Waals surface area contributed by atoms with Crippen molar-refractivity contribution < 1.29 is 4.42 Å². The topological polar surface area (TPSA) is 38.1 Å². The number of rotatable bonds is 4. The van der Waals surface area contributed by atoms with E-state index in [-0.39, 0.29) is 6.04 Å². The predicted octanol–water partition coefficient (Wildman–Crippen LogP) is 3.39. The summed E-state index contributed by atoms with van der Waals surface area (Å²) < 4.78 is 6.38. The van der Waals surface area contributed by atoms with Crippen molar-refractivity contribution in [1.29, 1.82) is 0 Å². The van der Waals surface area contributed by atoms with Crippen molar-refractivity contribution in [2.24, 2.45) is 0 Å². The number of fused-ring (bicyclic) bond motifs is 1. The highest BCUT2D eigenvalue weighted by Crippen LogP contribution is 2.26. The van der Waals surface area contributed by atoms with Crippen molar-refractivity contribution >= 4 is 21.6 Å². The van der Waals surface area contributed by atoms with E-state index in [1.807, 2.05) is 19.2 Å². The molecule has 0 bridgehead atoms. The first-order valence-electron chi connectivity index (χ1n) is 5.90. The second kappa shape index (κ2) is 4.92. The fraction of sp³-hybridized carbons (Fsp3) is 0.214. The van der Waals surface area contributed by atoms with Gasteiger partial charge in [0.1, 0.15) is 0 Å². The van der Waals surface area contributed by atoms with Gasteiger partial charge < -0.3 is 9.73 Å². The molecule has 4 heteroatoms. The number of para-hydroxylation sites is 1. The van der Waals surface area contributed by atoms with Crippen LogP contribution in [0, 0.1) is 0 Å². The van der Waals surface area contributed by atoms with Crippen LogP contribution >= 0.6 is 11.3 Å². The second-order valence-corrected chi connectivity index (χ2v) is 5.29. The zero-order valence-corrected chi connectivity index (χ0v) is 10.9. The highest BCUT2D eigenvalue weighted by Gasteiger charge is 2.14. The maximum atomic E-state index is 5.14. The Labute approximate surface area is 109 Å². The molecule has 1 N–H and O–H groups in total. The van der Waals surface area contributed by atoms with Crippen LogP contribution in [0.2, 0.25) is 0 Å². The van der Waals surface area contributed by atoms with Gasteiger partial charge in [0.05, 0.1) is 27.8 Å². The number of furan rings is 1. The Morgan fingerprint density at radius 2 is 2.22 bits per heavy atom. The van der Waals surface area contributed by atoms with Crippen LogP contribution in [0.1, 0.15) is 16.6 Å². The van der Waals surface area contributed by atoms with Crippen molar-refractivity contribution in [3.05, 3.63) is 53.4 Å². The van der Waals surface area contributed by atoms with Crippen molar-refractivity contribution in [2.75, 3.05) is 7.05 Å². The second-order valence-electron chi connectivity index (χ2n) is 4.18. The molecule has 0 saturated heterocycles. The monoisotopic (exact) mass is 258 g/mol. The summed E-state index contributed by atoms with van der Waals surface area (Å²) in [5.41, 5.74) is 2.25. The number of hydrogen-bond donors (Lipinski definition) is 1. The lowest BCUT2D eigenvalue weighted by Crippen LogP contribution is -2.18. The highest BCUT2D eigenvalue weighted by atomic mass is 32.1. The lowest BCUT2D eigenvalue weighted by Gasteiger charge is -2.11. The summed E-state index contributed by atoms with van der Waals surface area (Å²) in [7, 11) is 1.96. The van der Waals surface area contributed by atoms with Crippen LogP contribution in [0.25, 0.3) is 10.2 Å². The van der Waals surface area contributed by atoms with E-state index >= 15 is 0 Å². The van der Waals surface area contributed by atoms with Crippen LogP contribution in [-0.2, 0) is 6.42 Å². The third-order valence-corrected chi connectivity index (χ3v) is 4.07. The summed E-state index contributed by atoms with van der Waals surface area (Å²) in [4.78, 5) is 4.66. The molecule has 0 spiro atoms. The third-order valence-electron chi connectivity index (χ3n) is 3.01. The van der Waals surface area contributed by atoms with Crippen LogP contribution in [-0.4, -0.2) is 12.0 Å². The number of benzene rings is 1. The summed E-state index contributed by atoms with van der Waals surface area (Å²) in [6.45, 7) is 0. The molecule has 0 aliphatic heterocycles. The quantitative estimate of drug-likeness (QED) is 0.779. The first-order chi connectivity index (χ1) is 8.86. The van der Waals surface area contributed by atoms with Gasteiger partial charge in [-0.1, -0.05) is 12.1 Å². The van der Waals surface area contributed by atoms with Crippen molar-refractivity contribution in [3.8, 4) is 0 Å². The van der Waals surface area contributed by atoms with E-state index in [4.69, 9.17) is 4.42 Å². The highest BCUT2D eigenvalue weighted by molar-refractivity contribution is 7.18. The van der Waals surface area contributed by atoms with Gasteiger partial charge in [-0.25, -0.2) is 4.98 Å². The fourth-order valence-electron chi connectivity index (χ4n) is 2.04. The van der Waals surface area contributed by atoms with E-state index in [9.17, 15) is 0 Å². The Kier molecular flexibility index (Phi) is 3.13. The molecule has 0 radical (unpaired) electrons. The van der Waals surface area contributed by atoms with Crippen LogP contribution in [0.15, 0.2) is 47.3 Å². The van der Waals surface area contributed by atoms with Crippen LogP contribution in [0.5, 0.6) is 0 Å². The van der Waals surface area contributed by atoms with Crippen LogP contribution in [0.3, 0.4) is 0 Å². The molecular formula is C14H14N2OS. The minimum atomic E-state index is 0.254. The van der Waals surface area contributed by atoms with Gasteiger partial charge in [-0.15, -0.1) is 11.3 Å². The number of hydrogen-bond acceptors (Lipinski definition) is 4. The molecule has 92 valence electrons. The normalized spacial score (nSPS) is 12.9. The fourth-order valence-corrected chi connectivity index (χ4v) is 3.05. The zero-order valence-electron chi connectivity index (χ0n) is 10.1. The minimum Gasteiger partial charge on any atom is -0.472 e. The molecule has 0 aliphatic rings. The van der Waals surface area contributed by atoms with E-state index in [1.54, 1.807) is 23.9 Å². The van der Waals surface area contributed by atoms with E-state index < -0.39 is 0 Å². The molecule has 3 aromatic rings. The first kappa shape index (κ1) is 11.4. The Morgan fingerprint density at radius 1 is 1.33 bits per heavy atom. The molecule has 2 aromatic heterocycles.